The average Bonchev–Trinajstić information content (AvgIpc) is 2.75. The van der Waals surface area contributed by atoms with Crippen molar-refractivity contribution in [1.29, 1.82) is 0 Å². The minimum absolute atomic E-state index is 0.416. The van der Waals surface area contributed by atoms with Crippen LogP contribution in [0.3, 0.4) is 0 Å². The quantitative estimate of drug-likeness (QED) is 0.541. The maximum absolute atomic E-state index is 5.36. The minimum Gasteiger partial charge on any atom is -0.490 e. The number of aromatic nitrogens is 3. The van der Waals surface area contributed by atoms with Gasteiger partial charge in [0.05, 0.1) is 12.8 Å². The molecule has 0 aromatic carbocycles. The van der Waals surface area contributed by atoms with E-state index in [0.717, 1.165) is 17.0 Å². The Morgan fingerprint density at radius 3 is 2.63 bits per heavy atom. The van der Waals surface area contributed by atoms with E-state index in [1.807, 2.05) is 13.8 Å². The molecule has 0 atom stereocenters. The van der Waals surface area contributed by atoms with Crippen LogP contribution in [0.15, 0.2) is 10.9 Å². The molecule has 0 radical (unpaired) electrons. The maximum Gasteiger partial charge on any atom is 0.205 e. The Hall–Kier alpha value is -2.35. The molecule has 19 heavy (non-hydrogen) atoms. The fourth-order valence-corrected chi connectivity index (χ4v) is 1.72. The molecule has 0 saturated carbocycles. The molecule has 0 fully saturated rings. The first-order valence-electron chi connectivity index (χ1n) is 5.68. The number of rotatable bonds is 5. The molecule has 0 aliphatic rings. The number of nitrogens with two attached hydrogens (primary N) is 1. The summed E-state index contributed by atoms with van der Waals surface area (Å²) in [6.45, 7) is 4.28. The summed E-state index contributed by atoms with van der Waals surface area (Å²) in [5, 5.41) is 7.04. The van der Waals surface area contributed by atoms with Crippen molar-refractivity contribution in [2.75, 3.05) is 17.9 Å². The Morgan fingerprint density at radius 1 is 1.32 bits per heavy atom. The maximum atomic E-state index is 5.36. The molecule has 0 saturated heterocycles. The number of aryl methyl sites for hydroxylation is 2. The van der Waals surface area contributed by atoms with E-state index in [0.29, 0.717) is 23.9 Å². The van der Waals surface area contributed by atoms with Gasteiger partial charge in [-0.2, -0.15) is 0 Å². The Morgan fingerprint density at radius 2 is 2.05 bits per heavy atom. The summed E-state index contributed by atoms with van der Waals surface area (Å²) in [4.78, 5) is 8.09. The van der Waals surface area contributed by atoms with Gasteiger partial charge in [0.25, 0.3) is 0 Å². The summed E-state index contributed by atoms with van der Waals surface area (Å²) in [6, 6.07) is 0. The average molecular weight is 264 g/mol. The van der Waals surface area contributed by atoms with Crippen molar-refractivity contribution < 1.29 is 9.26 Å². The molecule has 8 nitrogen and oxygen atoms in total. The van der Waals surface area contributed by atoms with Crippen molar-refractivity contribution in [3.63, 3.8) is 0 Å². The van der Waals surface area contributed by atoms with Gasteiger partial charge < -0.3 is 20.0 Å². The minimum atomic E-state index is 0.416. The lowest BCUT2D eigenvalue weighted by molar-refractivity contribution is 0.392. The molecule has 0 unspecified atom stereocenters. The van der Waals surface area contributed by atoms with E-state index in [1.165, 1.54) is 13.4 Å². The fourth-order valence-electron chi connectivity index (χ4n) is 1.72. The third-order valence-electron chi connectivity index (χ3n) is 2.76. The molecule has 2 aromatic rings. The highest BCUT2D eigenvalue weighted by Crippen LogP contribution is 2.28. The summed E-state index contributed by atoms with van der Waals surface area (Å²) in [5.41, 5.74) is 4.29. The number of hydrogen-bond donors (Lipinski definition) is 3. The SMILES string of the molecule is COc1c(NN)ncnc1NCc1c(C)noc1C. The fraction of sp³-hybridized carbons (Fsp3) is 0.364. The molecule has 102 valence electrons. The monoisotopic (exact) mass is 264 g/mol. The van der Waals surface area contributed by atoms with Crippen LogP contribution in [0.4, 0.5) is 11.6 Å². The van der Waals surface area contributed by atoms with Gasteiger partial charge in [0.15, 0.2) is 11.6 Å². The van der Waals surface area contributed by atoms with Gasteiger partial charge in [-0.15, -0.1) is 0 Å². The van der Waals surface area contributed by atoms with Crippen molar-refractivity contribution in [3.8, 4) is 5.75 Å². The number of methoxy groups -OCH3 is 1. The Bertz CT molecular complexity index is 549. The predicted octanol–water partition coefficient (Wildman–Crippen LogP) is 0.988. The van der Waals surface area contributed by atoms with Gasteiger partial charge in [-0.3, -0.25) is 0 Å². The summed E-state index contributed by atoms with van der Waals surface area (Å²) < 4.78 is 10.3. The number of ether oxygens (including phenoxy) is 1. The first kappa shape index (κ1) is 13.1. The highest BCUT2D eigenvalue weighted by atomic mass is 16.5. The second-order valence-corrected chi connectivity index (χ2v) is 3.90. The van der Waals surface area contributed by atoms with Gasteiger partial charge in [0.1, 0.15) is 12.1 Å². The Balaban J connectivity index is 2.20. The summed E-state index contributed by atoms with van der Waals surface area (Å²) in [7, 11) is 1.53. The first-order chi connectivity index (χ1) is 9.17. The summed E-state index contributed by atoms with van der Waals surface area (Å²) in [5.74, 6) is 7.55. The van der Waals surface area contributed by atoms with Crippen molar-refractivity contribution in [3.05, 3.63) is 23.3 Å². The number of nitrogens with zero attached hydrogens (tertiary/aromatic N) is 3. The van der Waals surface area contributed by atoms with Crippen LogP contribution in [0.1, 0.15) is 17.0 Å². The molecule has 2 rings (SSSR count). The topological polar surface area (TPSA) is 111 Å². The molecule has 0 aliphatic carbocycles. The Kier molecular flexibility index (Phi) is 3.81. The van der Waals surface area contributed by atoms with Crippen molar-refractivity contribution in [1.82, 2.24) is 15.1 Å². The summed E-state index contributed by atoms with van der Waals surface area (Å²) >= 11 is 0. The van der Waals surface area contributed by atoms with Crippen molar-refractivity contribution >= 4 is 11.6 Å². The lowest BCUT2D eigenvalue weighted by Gasteiger charge is -2.12. The smallest absolute Gasteiger partial charge is 0.205 e. The second kappa shape index (κ2) is 5.53. The molecule has 0 spiro atoms. The third-order valence-corrected chi connectivity index (χ3v) is 2.76. The zero-order chi connectivity index (χ0) is 13.8. The molecule has 8 heteroatoms. The highest BCUT2D eigenvalue weighted by Gasteiger charge is 2.13. The molecule has 2 aromatic heterocycles. The van der Waals surface area contributed by atoms with Gasteiger partial charge in [-0.05, 0) is 13.8 Å². The zero-order valence-electron chi connectivity index (χ0n) is 11.0. The van der Waals surface area contributed by atoms with Crippen LogP contribution < -0.4 is 21.3 Å². The predicted molar refractivity (Wildman–Crippen MR) is 69.7 cm³/mol. The van der Waals surface area contributed by atoms with Crippen LogP contribution in [-0.4, -0.2) is 22.2 Å². The van der Waals surface area contributed by atoms with Gasteiger partial charge >= 0.3 is 0 Å². The van der Waals surface area contributed by atoms with E-state index in [1.54, 1.807) is 0 Å². The van der Waals surface area contributed by atoms with Crippen molar-refractivity contribution in [2.24, 2.45) is 5.84 Å². The lowest BCUT2D eigenvalue weighted by Crippen LogP contribution is -2.12. The van der Waals surface area contributed by atoms with E-state index in [2.05, 4.69) is 25.9 Å². The van der Waals surface area contributed by atoms with Crippen LogP contribution in [-0.2, 0) is 6.54 Å². The number of hydrazine groups is 1. The molecular formula is C11H16N6O2. The van der Waals surface area contributed by atoms with Gasteiger partial charge in [0, 0.05) is 12.1 Å². The first-order valence-corrected chi connectivity index (χ1v) is 5.68. The Labute approximate surface area is 110 Å². The normalized spacial score (nSPS) is 10.3. The standard InChI is InChI=1S/C11H16N6O2/c1-6-8(7(2)19-17-6)4-13-10-9(18-3)11(16-12)15-5-14-10/h5H,4,12H2,1-3H3,(H2,13,14,15,16). The third kappa shape index (κ3) is 2.58. The molecule has 0 bridgehead atoms. The molecule has 2 heterocycles. The molecular weight excluding hydrogens is 248 g/mol. The van der Waals surface area contributed by atoms with E-state index < -0.39 is 0 Å². The van der Waals surface area contributed by atoms with Gasteiger partial charge in [-0.25, -0.2) is 15.8 Å². The largest absolute Gasteiger partial charge is 0.490 e. The van der Waals surface area contributed by atoms with E-state index >= 15 is 0 Å². The van der Waals surface area contributed by atoms with Crippen LogP contribution in [0, 0.1) is 13.8 Å². The number of nitrogens with one attached hydrogen (secondary N) is 2. The highest BCUT2D eigenvalue weighted by molar-refractivity contribution is 5.63. The van der Waals surface area contributed by atoms with Crippen LogP contribution in [0.2, 0.25) is 0 Å². The van der Waals surface area contributed by atoms with E-state index in [4.69, 9.17) is 15.1 Å². The van der Waals surface area contributed by atoms with Gasteiger partial charge in [0.2, 0.25) is 5.75 Å². The lowest BCUT2D eigenvalue weighted by atomic mass is 10.2. The number of anilines is 2. The van der Waals surface area contributed by atoms with E-state index in [-0.39, 0.29) is 0 Å². The molecule has 0 aliphatic heterocycles. The zero-order valence-corrected chi connectivity index (χ0v) is 11.0. The molecule has 4 N–H and O–H groups in total. The number of hydrogen-bond acceptors (Lipinski definition) is 8. The van der Waals surface area contributed by atoms with Crippen molar-refractivity contribution in [2.45, 2.75) is 20.4 Å². The van der Waals surface area contributed by atoms with Crippen LogP contribution in [0.5, 0.6) is 5.75 Å². The van der Waals surface area contributed by atoms with E-state index in [9.17, 15) is 0 Å². The second-order valence-electron chi connectivity index (χ2n) is 3.90. The van der Waals surface area contributed by atoms with Crippen LogP contribution in [0.25, 0.3) is 0 Å². The van der Waals surface area contributed by atoms with Gasteiger partial charge in [-0.1, -0.05) is 5.16 Å². The number of nitrogen functional groups attached to an aromatic ring is 1. The van der Waals surface area contributed by atoms with Crippen LogP contribution >= 0.6 is 0 Å². The summed E-state index contributed by atoms with van der Waals surface area (Å²) in [6.07, 6.45) is 1.40. The molecule has 0 amide bonds.